The molecule has 0 aliphatic carbocycles. The fraction of sp³-hybridized carbons (Fsp3) is 0.500. The predicted molar refractivity (Wildman–Crippen MR) is 76.8 cm³/mol. The normalized spacial score (nSPS) is 19.5. The predicted octanol–water partition coefficient (Wildman–Crippen LogP) is 2.93. The average Bonchev–Trinajstić information content (AvgIpc) is 2.67. The molecule has 1 aromatic rings. The molecule has 0 radical (unpaired) electrons. The second-order valence-electron chi connectivity index (χ2n) is 4.56. The first kappa shape index (κ1) is 14.6. The second-order valence-corrected chi connectivity index (χ2v) is 6.84. The molecule has 2 heterocycles. The third-order valence-corrected chi connectivity index (χ3v) is 4.70. The van der Waals surface area contributed by atoms with E-state index in [9.17, 15) is 9.59 Å². The van der Waals surface area contributed by atoms with Crippen LogP contribution < -0.4 is 5.73 Å². The Bertz CT molecular complexity index is 504. The molecule has 1 atom stereocenters. The number of amides is 2. The molecular formula is C12H14Cl2N2O2S. The van der Waals surface area contributed by atoms with Crippen LogP contribution in [0.1, 0.15) is 36.0 Å². The van der Waals surface area contributed by atoms with Crippen LogP contribution >= 0.6 is 34.5 Å². The maximum Gasteiger partial charge on any atom is 0.256 e. The molecule has 7 heteroatoms. The Morgan fingerprint density at radius 2 is 2.16 bits per heavy atom. The van der Waals surface area contributed by atoms with Gasteiger partial charge >= 0.3 is 0 Å². The van der Waals surface area contributed by atoms with Crippen molar-refractivity contribution in [1.29, 1.82) is 0 Å². The number of hydrogen-bond acceptors (Lipinski definition) is 3. The molecule has 4 nitrogen and oxygen atoms in total. The van der Waals surface area contributed by atoms with Gasteiger partial charge in [0.25, 0.3) is 5.91 Å². The van der Waals surface area contributed by atoms with E-state index in [4.69, 9.17) is 28.9 Å². The summed E-state index contributed by atoms with van der Waals surface area (Å²) in [6, 6.07) is 1.45. The standard InChI is InChI=1S/C12H14Cl2N2O2S/c13-9-6-8(11(14)19-9)12(18)16-4-2-1-3-7(16)5-10(15)17/h6-7H,1-5H2,(H2,15,17)/t7-/m1/s1. The van der Waals surface area contributed by atoms with E-state index in [0.717, 1.165) is 19.3 Å². The third-order valence-electron chi connectivity index (χ3n) is 3.21. The number of thiophene rings is 1. The fourth-order valence-electron chi connectivity index (χ4n) is 2.35. The number of piperidine rings is 1. The van der Waals surface area contributed by atoms with Crippen molar-refractivity contribution in [2.24, 2.45) is 5.73 Å². The summed E-state index contributed by atoms with van der Waals surface area (Å²) in [5, 5.41) is 0. The lowest BCUT2D eigenvalue weighted by Crippen LogP contribution is -2.45. The lowest BCUT2D eigenvalue weighted by Gasteiger charge is -2.35. The molecule has 1 saturated heterocycles. The molecule has 1 aliphatic rings. The number of primary amides is 1. The molecule has 2 N–H and O–H groups in total. The van der Waals surface area contributed by atoms with Gasteiger partial charge in [-0.2, -0.15) is 0 Å². The van der Waals surface area contributed by atoms with Gasteiger partial charge in [0.1, 0.15) is 4.34 Å². The first-order valence-corrected chi connectivity index (χ1v) is 7.60. The van der Waals surface area contributed by atoms with Crippen LogP contribution in [0.15, 0.2) is 6.07 Å². The lowest BCUT2D eigenvalue weighted by molar-refractivity contribution is -0.119. The van der Waals surface area contributed by atoms with Crippen LogP contribution in [0.25, 0.3) is 0 Å². The Morgan fingerprint density at radius 1 is 1.42 bits per heavy atom. The summed E-state index contributed by atoms with van der Waals surface area (Å²) in [6.45, 7) is 0.626. The Labute approximate surface area is 125 Å². The Morgan fingerprint density at radius 3 is 2.74 bits per heavy atom. The van der Waals surface area contributed by atoms with E-state index in [1.54, 1.807) is 11.0 Å². The quantitative estimate of drug-likeness (QED) is 0.930. The molecule has 0 unspecified atom stereocenters. The van der Waals surface area contributed by atoms with Crippen molar-refractivity contribution in [3.63, 3.8) is 0 Å². The molecule has 0 saturated carbocycles. The van der Waals surface area contributed by atoms with Crippen LogP contribution in [0.4, 0.5) is 0 Å². The first-order valence-electron chi connectivity index (χ1n) is 6.03. The molecule has 104 valence electrons. The summed E-state index contributed by atoms with van der Waals surface area (Å²) in [7, 11) is 0. The first-order chi connectivity index (χ1) is 8.99. The molecule has 0 aromatic carbocycles. The maximum atomic E-state index is 12.5. The van der Waals surface area contributed by atoms with Gasteiger partial charge in [-0.25, -0.2) is 0 Å². The number of hydrogen-bond donors (Lipinski definition) is 1. The Balaban J connectivity index is 2.19. The Hall–Kier alpha value is -0.780. The summed E-state index contributed by atoms with van der Waals surface area (Å²) in [6.07, 6.45) is 2.92. The van der Waals surface area contributed by atoms with Gasteiger partial charge in [0.2, 0.25) is 5.91 Å². The van der Waals surface area contributed by atoms with Gasteiger partial charge < -0.3 is 10.6 Å². The van der Waals surface area contributed by atoms with E-state index in [2.05, 4.69) is 0 Å². The van der Waals surface area contributed by atoms with E-state index in [-0.39, 0.29) is 24.3 Å². The van der Waals surface area contributed by atoms with Crippen molar-refractivity contribution < 1.29 is 9.59 Å². The minimum atomic E-state index is -0.390. The van der Waals surface area contributed by atoms with Crippen molar-refractivity contribution in [2.45, 2.75) is 31.7 Å². The van der Waals surface area contributed by atoms with E-state index >= 15 is 0 Å². The minimum absolute atomic E-state index is 0.131. The average molecular weight is 321 g/mol. The van der Waals surface area contributed by atoms with Gasteiger partial charge in [-0.15, -0.1) is 11.3 Å². The summed E-state index contributed by atoms with van der Waals surface area (Å²) in [4.78, 5) is 25.2. The maximum absolute atomic E-state index is 12.5. The molecule has 1 aromatic heterocycles. The minimum Gasteiger partial charge on any atom is -0.370 e. The topological polar surface area (TPSA) is 63.4 Å². The highest BCUT2D eigenvalue weighted by Gasteiger charge is 2.30. The summed E-state index contributed by atoms with van der Waals surface area (Å²) in [5.41, 5.74) is 5.65. The summed E-state index contributed by atoms with van der Waals surface area (Å²) < 4.78 is 0.871. The number of carbonyl (C=O) groups excluding carboxylic acids is 2. The van der Waals surface area contributed by atoms with E-state index in [0.29, 0.717) is 20.8 Å². The van der Waals surface area contributed by atoms with Crippen molar-refractivity contribution in [2.75, 3.05) is 6.54 Å². The van der Waals surface area contributed by atoms with Crippen molar-refractivity contribution in [1.82, 2.24) is 4.90 Å². The van der Waals surface area contributed by atoms with E-state index in [1.165, 1.54) is 11.3 Å². The zero-order chi connectivity index (χ0) is 14.0. The zero-order valence-electron chi connectivity index (χ0n) is 10.2. The van der Waals surface area contributed by atoms with Crippen LogP contribution in [0, 0.1) is 0 Å². The van der Waals surface area contributed by atoms with Crippen LogP contribution in [-0.4, -0.2) is 29.3 Å². The van der Waals surface area contributed by atoms with E-state index in [1.807, 2.05) is 0 Å². The molecule has 0 bridgehead atoms. The van der Waals surface area contributed by atoms with Gasteiger partial charge in [0.05, 0.1) is 9.90 Å². The number of nitrogens with zero attached hydrogens (tertiary/aromatic N) is 1. The number of likely N-dealkylation sites (tertiary alicyclic amines) is 1. The number of halogens is 2. The molecule has 19 heavy (non-hydrogen) atoms. The molecular weight excluding hydrogens is 307 g/mol. The molecule has 2 rings (SSSR count). The number of rotatable bonds is 3. The summed E-state index contributed by atoms with van der Waals surface area (Å²) >= 11 is 13.0. The van der Waals surface area contributed by atoms with Gasteiger partial charge in [-0.05, 0) is 25.3 Å². The Kier molecular flexibility index (Phi) is 4.71. The molecule has 1 aliphatic heterocycles. The van der Waals surface area contributed by atoms with Crippen LogP contribution in [0.3, 0.4) is 0 Å². The van der Waals surface area contributed by atoms with Gasteiger partial charge in [0, 0.05) is 19.0 Å². The summed E-state index contributed by atoms with van der Waals surface area (Å²) in [5.74, 6) is -0.557. The second kappa shape index (κ2) is 6.11. The zero-order valence-corrected chi connectivity index (χ0v) is 12.5. The highest BCUT2D eigenvalue weighted by Crippen LogP contribution is 2.33. The molecule has 0 spiro atoms. The highest BCUT2D eigenvalue weighted by atomic mass is 35.5. The van der Waals surface area contributed by atoms with Crippen molar-refractivity contribution >= 4 is 46.4 Å². The van der Waals surface area contributed by atoms with Gasteiger partial charge in [-0.3, -0.25) is 9.59 Å². The van der Waals surface area contributed by atoms with Crippen LogP contribution in [-0.2, 0) is 4.79 Å². The smallest absolute Gasteiger partial charge is 0.256 e. The SMILES string of the molecule is NC(=O)C[C@H]1CCCCN1C(=O)c1cc(Cl)sc1Cl. The van der Waals surface area contributed by atoms with E-state index < -0.39 is 0 Å². The van der Waals surface area contributed by atoms with Crippen LogP contribution in [0.2, 0.25) is 8.67 Å². The largest absolute Gasteiger partial charge is 0.370 e. The van der Waals surface area contributed by atoms with Gasteiger partial charge in [-0.1, -0.05) is 23.2 Å². The van der Waals surface area contributed by atoms with Gasteiger partial charge in [0.15, 0.2) is 0 Å². The van der Waals surface area contributed by atoms with Crippen molar-refractivity contribution in [3.05, 3.63) is 20.3 Å². The van der Waals surface area contributed by atoms with Crippen molar-refractivity contribution in [3.8, 4) is 0 Å². The fourth-order valence-corrected chi connectivity index (χ4v) is 3.80. The highest BCUT2D eigenvalue weighted by molar-refractivity contribution is 7.20. The number of carbonyl (C=O) groups is 2. The number of nitrogens with two attached hydrogens (primary N) is 1. The molecule has 2 amide bonds. The van der Waals surface area contributed by atoms with Crippen LogP contribution in [0.5, 0.6) is 0 Å². The lowest BCUT2D eigenvalue weighted by atomic mass is 9.98. The molecule has 1 fully saturated rings. The monoisotopic (exact) mass is 320 g/mol. The third kappa shape index (κ3) is 3.41.